The van der Waals surface area contributed by atoms with Crippen LogP contribution in [-0.2, 0) is 23.7 Å². The molecule has 8 heteroatoms. The summed E-state index contributed by atoms with van der Waals surface area (Å²) in [6, 6.07) is 4.80. The van der Waals surface area contributed by atoms with Gasteiger partial charge in [0.2, 0.25) is 10.0 Å². The molecule has 2 rings (SSSR count). The van der Waals surface area contributed by atoms with Crippen molar-refractivity contribution in [2.45, 2.75) is 18.4 Å². The van der Waals surface area contributed by atoms with Crippen LogP contribution in [0, 0.1) is 6.92 Å². The van der Waals surface area contributed by atoms with Gasteiger partial charge in [0.05, 0.1) is 0 Å². The molecule has 0 radical (unpaired) electrons. The zero-order chi connectivity index (χ0) is 14.0. The molecule has 0 fully saturated rings. The fraction of sp³-hybridized carbons (Fsp3) is 0.273. The highest BCUT2D eigenvalue weighted by atomic mass is 32.2. The van der Waals surface area contributed by atoms with Gasteiger partial charge in [0, 0.05) is 7.05 Å². The molecule has 0 saturated heterocycles. The summed E-state index contributed by atoms with van der Waals surface area (Å²) < 4.78 is 30.1. The van der Waals surface area contributed by atoms with Crippen molar-refractivity contribution in [3.05, 3.63) is 35.9 Å². The summed E-state index contributed by atoms with van der Waals surface area (Å²) in [7, 11) is -2.05. The molecule has 0 bridgehead atoms. The normalized spacial score (nSPS) is 11.5. The predicted molar refractivity (Wildman–Crippen MR) is 67.9 cm³/mol. The first-order valence-corrected chi connectivity index (χ1v) is 7.01. The van der Waals surface area contributed by atoms with Crippen molar-refractivity contribution in [1.82, 2.24) is 14.8 Å². The minimum absolute atomic E-state index is 0.0327. The number of hydrogen-bond donors (Lipinski definition) is 1. The summed E-state index contributed by atoms with van der Waals surface area (Å²) in [6.45, 7) is 1.89. The molecular weight excluding hydrogens is 268 g/mol. The molecule has 1 aromatic carbocycles. The molecule has 1 heterocycles. The largest absolute Gasteiger partial charge is 0.484 e. The van der Waals surface area contributed by atoms with Crippen molar-refractivity contribution < 1.29 is 13.2 Å². The average molecular weight is 282 g/mol. The molecule has 2 N–H and O–H groups in total. The summed E-state index contributed by atoms with van der Waals surface area (Å²) >= 11 is 0. The molecule has 0 spiro atoms. The third-order valence-electron chi connectivity index (χ3n) is 2.57. The molecule has 2 aromatic rings. The monoisotopic (exact) mass is 282 g/mol. The van der Waals surface area contributed by atoms with Gasteiger partial charge >= 0.3 is 0 Å². The highest BCUT2D eigenvalue weighted by molar-refractivity contribution is 7.89. The summed E-state index contributed by atoms with van der Waals surface area (Å²) in [4.78, 5) is -0.0327. The molecule has 0 aliphatic carbocycles. The Morgan fingerprint density at radius 3 is 2.74 bits per heavy atom. The highest BCUT2D eigenvalue weighted by Crippen LogP contribution is 2.24. The molecule has 0 amide bonds. The first-order valence-electron chi connectivity index (χ1n) is 5.47. The predicted octanol–water partition coefficient (Wildman–Crippen LogP) is 0.350. The molecule has 0 atom stereocenters. The van der Waals surface area contributed by atoms with Crippen molar-refractivity contribution in [1.29, 1.82) is 0 Å². The van der Waals surface area contributed by atoms with E-state index in [9.17, 15) is 8.42 Å². The van der Waals surface area contributed by atoms with Crippen LogP contribution in [0.2, 0.25) is 0 Å². The van der Waals surface area contributed by atoms with E-state index in [1.807, 2.05) is 0 Å². The number of hydrogen-bond acceptors (Lipinski definition) is 5. The second-order valence-electron chi connectivity index (χ2n) is 4.14. The van der Waals surface area contributed by atoms with Crippen molar-refractivity contribution in [3.8, 4) is 5.75 Å². The van der Waals surface area contributed by atoms with Gasteiger partial charge in [-0.2, -0.15) is 0 Å². The van der Waals surface area contributed by atoms with E-state index in [2.05, 4.69) is 10.2 Å². The fourth-order valence-corrected chi connectivity index (χ4v) is 2.29. The first-order chi connectivity index (χ1) is 8.88. The number of benzene rings is 1. The molecule has 7 nitrogen and oxygen atoms in total. The van der Waals surface area contributed by atoms with Crippen LogP contribution in [0.3, 0.4) is 0 Å². The lowest BCUT2D eigenvalue weighted by atomic mass is 10.2. The number of primary sulfonamides is 1. The number of aromatic nitrogens is 3. The van der Waals surface area contributed by atoms with Crippen molar-refractivity contribution >= 4 is 10.0 Å². The Bertz CT molecular complexity index is 694. The van der Waals surface area contributed by atoms with E-state index in [1.54, 1.807) is 30.7 Å². The van der Waals surface area contributed by atoms with Crippen LogP contribution in [-0.4, -0.2) is 23.2 Å². The Balaban J connectivity index is 2.28. The summed E-state index contributed by atoms with van der Waals surface area (Å²) in [5.74, 6) is 0.789. The molecule has 0 aliphatic heterocycles. The Morgan fingerprint density at radius 2 is 2.16 bits per heavy atom. The van der Waals surface area contributed by atoms with Crippen LogP contribution in [0.25, 0.3) is 0 Å². The van der Waals surface area contributed by atoms with Gasteiger partial charge in [0.1, 0.15) is 23.6 Å². The lowest BCUT2D eigenvalue weighted by molar-refractivity contribution is 0.283. The second kappa shape index (κ2) is 4.98. The lowest BCUT2D eigenvalue weighted by Crippen LogP contribution is -2.14. The average Bonchev–Trinajstić information content (AvgIpc) is 2.72. The van der Waals surface area contributed by atoms with Gasteiger partial charge in [-0.05, 0) is 24.6 Å². The summed E-state index contributed by atoms with van der Waals surface area (Å²) in [5.41, 5.74) is 0.787. The molecule has 0 saturated carbocycles. The molecule has 102 valence electrons. The van der Waals surface area contributed by atoms with Crippen LogP contribution < -0.4 is 9.88 Å². The van der Waals surface area contributed by atoms with E-state index in [-0.39, 0.29) is 17.3 Å². The van der Waals surface area contributed by atoms with Gasteiger partial charge < -0.3 is 9.30 Å². The smallest absolute Gasteiger partial charge is 0.241 e. The Labute approximate surface area is 111 Å². The number of nitrogens with two attached hydrogens (primary N) is 1. The molecular formula is C11H14N4O3S. The Morgan fingerprint density at radius 1 is 1.42 bits per heavy atom. The van der Waals surface area contributed by atoms with Crippen LogP contribution >= 0.6 is 0 Å². The van der Waals surface area contributed by atoms with Crippen molar-refractivity contribution in [3.63, 3.8) is 0 Å². The van der Waals surface area contributed by atoms with Crippen molar-refractivity contribution in [2.24, 2.45) is 12.2 Å². The van der Waals surface area contributed by atoms with Gasteiger partial charge in [-0.25, -0.2) is 13.6 Å². The number of ether oxygens (including phenoxy) is 1. The topological polar surface area (TPSA) is 100 Å². The molecule has 0 unspecified atom stereocenters. The van der Waals surface area contributed by atoms with E-state index in [0.717, 1.165) is 5.56 Å². The Kier molecular flexibility index (Phi) is 3.54. The third-order valence-corrected chi connectivity index (χ3v) is 3.50. The number of aryl methyl sites for hydroxylation is 2. The number of nitrogens with zero attached hydrogens (tertiary/aromatic N) is 3. The lowest BCUT2D eigenvalue weighted by Gasteiger charge is -2.10. The second-order valence-corrected chi connectivity index (χ2v) is 5.67. The van der Waals surface area contributed by atoms with Crippen molar-refractivity contribution in [2.75, 3.05) is 0 Å². The fourth-order valence-electron chi connectivity index (χ4n) is 1.54. The maximum Gasteiger partial charge on any atom is 0.241 e. The number of sulfonamides is 1. The number of rotatable bonds is 4. The van der Waals surface area contributed by atoms with Crippen LogP contribution in [0.5, 0.6) is 5.75 Å². The van der Waals surface area contributed by atoms with Crippen LogP contribution in [0.15, 0.2) is 29.4 Å². The van der Waals surface area contributed by atoms with E-state index in [4.69, 9.17) is 9.88 Å². The highest BCUT2D eigenvalue weighted by Gasteiger charge is 2.16. The van der Waals surface area contributed by atoms with E-state index in [0.29, 0.717) is 5.82 Å². The van der Waals surface area contributed by atoms with E-state index >= 15 is 0 Å². The Hall–Kier alpha value is -1.93. The molecule has 0 aliphatic rings. The van der Waals surface area contributed by atoms with Gasteiger partial charge in [0.15, 0.2) is 5.82 Å². The molecule has 1 aromatic heterocycles. The minimum atomic E-state index is -3.82. The molecule has 19 heavy (non-hydrogen) atoms. The van der Waals surface area contributed by atoms with Gasteiger partial charge in [-0.3, -0.25) is 0 Å². The van der Waals surface area contributed by atoms with Crippen LogP contribution in [0.4, 0.5) is 0 Å². The van der Waals surface area contributed by atoms with Gasteiger partial charge in [-0.15, -0.1) is 10.2 Å². The van der Waals surface area contributed by atoms with E-state index < -0.39 is 10.0 Å². The standard InChI is InChI=1S/C11H14N4O3S/c1-8-3-4-9(10(5-8)19(12,16)17)18-6-11-14-13-7-15(11)2/h3-5,7H,6H2,1-2H3,(H2,12,16,17). The van der Waals surface area contributed by atoms with Gasteiger partial charge in [0.25, 0.3) is 0 Å². The van der Waals surface area contributed by atoms with E-state index in [1.165, 1.54) is 12.4 Å². The zero-order valence-corrected chi connectivity index (χ0v) is 11.4. The summed E-state index contributed by atoms with van der Waals surface area (Å²) in [6.07, 6.45) is 1.54. The quantitative estimate of drug-likeness (QED) is 0.872. The zero-order valence-electron chi connectivity index (χ0n) is 10.6. The first kappa shape index (κ1) is 13.5. The summed E-state index contributed by atoms with van der Waals surface area (Å²) in [5, 5.41) is 12.7. The third kappa shape index (κ3) is 3.09. The maximum absolute atomic E-state index is 11.5. The van der Waals surface area contributed by atoms with Crippen LogP contribution in [0.1, 0.15) is 11.4 Å². The maximum atomic E-state index is 11.5. The minimum Gasteiger partial charge on any atom is -0.484 e. The van der Waals surface area contributed by atoms with Gasteiger partial charge in [-0.1, -0.05) is 6.07 Å². The SMILES string of the molecule is Cc1ccc(OCc2nncn2C)c(S(N)(=O)=O)c1.